The molecule has 2 N–H and O–H groups in total. The van der Waals surface area contributed by atoms with Crippen molar-refractivity contribution in [2.24, 2.45) is 5.92 Å². The number of hydrogen-bond donors (Lipinski definition) is 2. The minimum atomic E-state index is -3.81. The summed E-state index contributed by atoms with van der Waals surface area (Å²) in [5.41, 5.74) is 0.427. The fourth-order valence-electron chi connectivity index (χ4n) is 3.86. The molecule has 2 aromatic rings. The smallest absolute Gasteiger partial charge is 0.265 e. The van der Waals surface area contributed by atoms with Crippen LogP contribution in [0, 0.1) is 11.7 Å². The molecular formula is C22H24FN3O5S. The van der Waals surface area contributed by atoms with Crippen molar-refractivity contribution in [3.63, 3.8) is 0 Å². The summed E-state index contributed by atoms with van der Waals surface area (Å²) >= 11 is 0. The second kappa shape index (κ2) is 8.87. The van der Waals surface area contributed by atoms with Gasteiger partial charge >= 0.3 is 0 Å². The minimum Gasteiger partial charge on any atom is -0.478 e. The molecule has 0 aromatic heterocycles. The van der Waals surface area contributed by atoms with E-state index in [1.807, 2.05) is 6.92 Å². The highest BCUT2D eigenvalue weighted by molar-refractivity contribution is 7.89. The van der Waals surface area contributed by atoms with E-state index in [0.717, 1.165) is 0 Å². The van der Waals surface area contributed by atoms with Gasteiger partial charge in [-0.15, -0.1) is 0 Å². The first-order chi connectivity index (χ1) is 15.3. The first-order valence-corrected chi connectivity index (χ1v) is 11.9. The second-order valence-electron chi connectivity index (χ2n) is 7.81. The minimum absolute atomic E-state index is 0.0457. The van der Waals surface area contributed by atoms with Crippen LogP contribution < -0.4 is 15.4 Å². The summed E-state index contributed by atoms with van der Waals surface area (Å²) in [6.45, 7) is 2.15. The van der Waals surface area contributed by atoms with Crippen molar-refractivity contribution in [3.05, 3.63) is 48.3 Å². The van der Waals surface area contributed by atoms with Gasteiger partial charge in [-0.25, -0.2) is 12.8 Å². The largest absolute Gasteiger partial charge is 0.478 e. The molecule has 2 aliphatic rings. The zero-order chi connectivity index (χ0) is 22.9. The van der Waals surface area contributed by atoms with Crippen LogP contribution in [0.15, 0.2) is 47.4 Å². The standard InChI is InChI=1S/C22H24FN3O5S/c1-2-19-22(28)25-18-13-15(7-8-20(18)31-19)32(29,30)26-11-9-14(10-12-26)21(27)24-17-6-4-3-5-16(17)23/h3-8,13-14,19H,2,9-12H2,1H3,(H,24,27)(H,25,28). The van der Waals surface area contributed by atoms with Gasteiger partial charge in [-0.3, -0.25) is 9.59 Å². The number of ether oxygens (including phenoxy) is 1. The Morgan fingerprint density at radius 3 is 2.62 bits per heavy atom. The Balaban J connectivity index is 1.42. The molecule has 170 valence electrons. The van der Waals surface area contributed by atoms with Crippen LogP contribution in [-0.2, 0) is 19.6 Å². The van der Waals surface area contributed by atoms with Crippen molar-refractivity contribution in [1.82, 2.24) is 4.31 Å². The topological polar surface area (TPSA) is 105 Å². The molecule has 0 radical (unpaired) electrons. The monoisotopic (exact) mass is 461 g/mol. The Hall–Kier alpha value is -2.98. The van der Waals surface area contributed by atoms with Gasteiger partial charge < -0.3 is 15.4 Å². The molecule has 1 atom stereocenters. The van der Waals surface area contributed by atoms with Crippen molar-refractivity contribution >= 4 is 33.2 Å². The van der Waals surface area contributed by atoms with Crippen LogP contribution in [0.1, 0.15) is 26.2 Å². The predicted molar refractivity (Wildman–Crippen MR) is 116 cm³/mol. The third-order valence-electron chi connectivity index (χ3n) is 5.74. The summed E-state index contributed by atoms with van der Waals surface area (Å²) in [7, 11) is -3.81. The van der Waals surface area contributed by atoms with Crippen LogP contribution in [-0.4, -0.2) is 43.7 Å². The third-order valence-corrected chi connectivity index (χ3v) is 7.63. The zero-order valence-corrected chi connectivity index (χ0v) is 18.3. The number of carbonyl (C=O) groups is 2. The molecule has 2 amide bonds. The van der Waals surface area contributed by atoms with Crippen molar-refractivity contribution in [2.45, 2.75) is 37.2 Å². The van der Waals surface area contributed by atoms with Crippen LogP contribution in [0.3, 0.4) is 0 Å². The van der Waals surface area contributed by atoms with Crippen molar-refractivity contribution < 1.29 is 27.1 Å². The lowest BCUT2D eigenvalue weighted by Crippen LogP contribution is -2.41. The molecule has 10 heteroatoms. The number of fused-ring (bicyclic) bond motifs is 1. The van der Waals surface area contributed by atoms with Gasteiger partial charge in [0, 0.05) is 19.0 Å². The summed E-state index contributed by atoms with van der Waals surface area (Å²) < 4.78 is 46.9. The molecule has 8 nitrogen and oxygen atoms in total. The van der Waals surface area contributed by atoms with Gasteiger partial charge in [-0.2, -0.15) is 4.31 Å². The summed E-state index contributed by atoms with van der Waals surface area (Å²) in [5.74, 6) is -1.14. The molecule has 4 rings (SSSR count). The lowest BCUT2D eigenvalue weighted by molar-refractivity contribution is -0.123. The number of carbonyl (C=O) groups excluding carboxylic acids is 2. The number of halogens is 1. The lowest BCUT2D eigenvalue weighted by Gasteiger charge is -2.31. The third kappa shape index (κ3) is 4.33. The molecule has 0 aliphatic carbocycles. The molecule has 32 heavy (non-hydrogen) atoms. The number of piperidine rings is 1. The molecule has 2 aromatic carbocycles. The summed E-state index contributed by atoms with van der Waals surface area (Å²) in [5, 5.41) is 5.27. The van der Waals surface area contributed by atoms with E-state index in [1.165, 1.54) is 34.6 Å². The van der Waals surface area contributed by atoms with Crippen LogP contribution >= 0.6 is 0 Å². The molecule has 0 spiro atoms. The quantitative estimate of drug-likeness (QED) is 0.712. The zero-order valence-electron chi connectivity index (χ0n) is 17.5. The molecule has 0 bridgehead atoms. The van der Waals surface area contributed by atoms with Crippen molar-refractivity contribution in [1.29, 1.82) is 0 Å². The van der Waals surface area contributed by atoms with E-state index < -0.39 is 27.9 Å². The Labute approximate surface area is 185 Å². The number of hydrogen-bond acceptors (Lipinski definition) is 5. The van der Waals surface area contributed by atoms with E-state index in [-0.39, 0.29) is 35.5 Å². The molecular weight excluding hydrogens is 437 g/mol. The number of nitrogens with one attached hydrogen (secondary N) is 2. The average molecular weight is 462 g/mol. The maximum absolute atomic E-state index is 13.8. The fourth-order valence-corrected chi connectivity index (χ4v) is 5.36. The Bertz CT molecular complexity index is 1150. The highest BCUT2D eigenvalue weighted by atomic mass is 32.2. The van der Waals surface area contributed by atoms with E-state index in [9.17, 15) is 22.4 Å². The van der Waals surface area contributed by atoms with Gasteiger partial charge in [-0.05, 0) is 49.6 Å². The number of nitrogens with zero attached hydrogens (tertiary/aromatic N) is 1. The second-order valence-corrected chi connectivity index (χ2v) is 9.75. The van der Waals surface area contributed by atoms with Crippen LogP contribution in [0.5, 0.6) is 5.75 Å². The molecule has 0 saturated carbocycles. The maximum Gasteiger partial charge on any atom is 0.265 e. The van der Waals surface area contributed by atoms with Crippen LogP contribution in [0.2, 0.25) is 0 Å². The van der Waals surface area contributed by atoms with Crippen LogP contribution in [0.25, 0.3) is 0 Å². The number of anilines is 2. The van der Waals surface area contributed by atoms with E-state index in [4.69, 9.17) is 4.74 Å². The average Bonchev–Trinajstić information content (AvgIpc) is 2.79. The summed E-state index contributed by atoms with van der Waals surface area (Å²) in [6.07, 6.45) is 0.551. The molecule has 1 fully saturated rings. The van der Waals surface area contributed by atoms with Gasteiger partial charge in [0.25, 0.3) is 5.91 Å². The first-order valence-electron chi connectivity index (χ1n) is 10.5. The van der Waals surface area contributed by atoms with Crippen molar-refractivity contribution in [2.75, 3.05) is 23.7 Å². The van der Waals surface area contributed by atoms with E-state index in [0.29, 0.717) is 30.7 Å². The fraction of sp³-hybridized carbons (Fsp3) is 0.364. The van der Waals surface area contributed by atoms with Gasteiger partial charge in [0.05, 0.1) is 16.3 Å². The lowest BCUT2D eigenvalue weighted by atomic mass is 9.97. The number of rotatable bonds is 5. The summed E-state index contributed by atoms with van der Waals surface area (Å²) in [4.78, 5) is 24.6. The van der Waals surface area contributed by atoms with Gasteiger partial charge in [-0.1, -0.05) is 19.1 Å². The normalized spacial score (nSPS) is 19.6. The highest BCUT2D eigenvalue weighted by Crippen LogP contribution is 2.34. The number of amides is 2. The van der Waals surface area contributed by atoms with E-state index >= 15 is 0 Å². The summed E-state index contributed by atoms with van der Waals surface area (Å²) in [6, 6.07) is 10.3. The molecule has 1 unspecified atom stereocenters. The van der Waals surface area contributed by atoms with E-state index in [2.05, 4.69) is 10.6 Å². The Morgan fingerprint density at radius 1 is 1.22 bits per heavy atom. The number of benzene rings is 2. The van der Waals surface area contributed by atoms with Gasteiger partial charge in [0.2, 0.25) is 15.9 Å². The molecule has 2 aliphatic heterocycles. The van der Waals surface area contributed by atoms with Gasteiger partial charge in [0.15, 0.2) is 6.10 Å². The SMILES string of the molecule is CCC1Oc2ccc(S(=O)(=O)N3CCC(C(=O)Nc4ccccc4F)CC3)cc2NC1=O. The Kier molecular flexibility index (Phi) is 6.16. The predicted octanol–water partition coefficient (Wildman–Crippen LogP) is 2.97. The Morgan fingerprint density at radius 2 is 1.94 bits per heavy atom. The van der Waals surface area contributed by atoms with Gasteiger partial charge in [0.1, 0.15) is 11.6 Å². The first kappa shape index (κ1) is 22.2. The van der Waals surface area contributed by atoms with Crippen molar-refractivity contribution in [3.8, 4) is 5.75 Å². The van der Waals surface area contributed by atoms with Crippen LogP contribution in [0.4, 0.5) is 15.8 Å². The molecule has 1 saturated heterocycles. The molecule has 2 heterocycles. The highest BCUT2D eigenvalue weighted by Gasteiger charge is 2.34. The number of sulfonamides is 1. The maximum atomic E-state index is 13.8. The van der Waals surface area contributed by atoms with E-state index in [1.54, 1.807) is 12.1 Å². The number of para-hydroxylation sites is 1.